The second-order valence-electron chi connectivity index (χ2n) is 4.82. The summed E-state index contributed by atoms with van der Waals surface area (Å²) in [4.78, 5) is 0. The first-order valence-corrected chi connectivity index (χ1v) is 7.51. The smallest absolute Gasteiger partial charge is 0.0451 e. The Kier molecular flexibility index (Phi) is 5.03. The number of nitrogens with one attached hydrogen (secondary N) is 1. The molecule has 0 saturated heterocycles. The van der Waals surface area contributed by atoms with Crippen molar-refractivity contribution in [3.8, 4) is 11.1 Å². The molecular formula is C16H17BrClN. The molecule has 0 aliphatic heterocycles. The van der Waals surface area contributed by atoms with Crippen LogP contribution in [-0.2, 0) is 6.54 Å². The summed E-state index contributed by atoms with van der Waals surface area (Å²) >= 11 is 9.84. The van der Waals surface area contributed by atoms with Crippen LogP contribution in [0.2, 0.25) is 5.02 Å². The minimum Gasteiger partial charge on any atom is -0.310 e. The van der Waals surface area contributed by atoms with Gasteiger partial charge in [-0.3, -0.25) is 0 Å². The molecule has 1 N–H and O–H groups in total. The summed E-state index contributed by atoms with van der Waals surface area (Å²) in [6.07, 6.45) is 0. The van der Waals surface area contributed by atoms with Crippen LogP contribution in [0.1, 0.15) is 19.4 Å². The highest BCUT2D eigenvalue weighted by Crippen LogP contribution is 2.30. The highest BCUT2D eigenvalue weighted by atomic mass is 79.9. The van der Waals surface area contributed by atoms with Crippen molar-refractivity contribution in [2.75, 3.05) is 0 Å². The summed E-state index contributed by atoms with van der Waals surface area (Å²) in [7, 11) is 0. The van der Waals surface area contributed by atoms with Gasteiger partial charge in [0.05, 0.1) is 0 Å². The van der Waals surface area contributed by atoms with E-state index in [1.807, 2.05) is 18.2 Å². The molecule has 100 valence electrons. The zero-order valence-electron chi connectivity index (χ0n) is 11.1. The second-order valence-corrected chi connectivity index (χ2v) is 6.08. The number of hydrogen-bond donors (Lipinski definition) is 1. The molecule has 0 saturated carbocycles. The van der Waals surface area contributed by atoms with Crippen molar-refractivity contribution >= 4 is 27.5 Å². The van der Waals surface area contributed by atoms with Crippen LogP contribution in [0.25, 0.3) is 11.1 Å². The minimum atomic E-state index is 0.447. The van der Waals surface area contributed by atoms with Crippen molar-refractivity contribution in [2.45, 2.75) is 26.4 Å². The molecule has 0 aliphatic rings. The summed E-state index contributed by atoms with van der Waals surface area (Å²) in [5, 5.41) is 4.21. The molecule has 0 fully saturated rings. The fraction of sp³-hybridized carbons (Fsp3) is 0.250. The van der Waals surface area contributed by atoms with Gasteiger partial charge >= 0.3 is 0 Å². The van der Waals surface area contributed by atoms with Crippen molar-refractivity contribution in [3.63, 3.8) is 0 Å². The monoisotopic (exact) mass is 337 g/mol. The predicted octanol–water partition coefficient (Wildman–Crippen LogP) is 5.27. The largest absolute Gasteiger partial charge is 0.310 e. The Morgan fingerprint density at radius 1 is 1.16 bits per heavy atom. The molecular weight excluding hydrogens is 322 g/mol. The van der Waals surface area contributed by atoms with Gasteiger partial charge in [-0.1, -0.05) is 65.6 Å². The molecule has 3 heteroatoms. The molecule has 0 unspecified atom stereocenters. The number of rotatable bonds is 4. The molecule has 0 spiro atoms. The lowest BCUT2D eigenvalue weighted by Gasteiger charge is -2.12. The summed E-state index contributed by atoms with van der Waals surface area (Å²) < 4.78 is 1.10. The van der Waals surface area contributed by atoms with Gasteiger partial charge in [0.2, 0.25) is 0 Å². The van der Waals surface area contributed by atoms with Crippen LogP contribution >= 0.6 is 27.5 Å². The van der Waals surface area contributed by atoms with Crippen molar-refractivity contribution in [1.82, 2.24) is 5.32 Å². The Morgan fingerprint density at radius 3 is 2.58 bits per heavy atom. The van der Waals surface area contributed by atoms with Gasteiger partial charge in [-0.2, -0.15) is 0 Å². The van der Waals surface area contributed by atoms with E-state index in [0.717, 1.165) is 21.6 Å². The molecule has 1 nitrogen and oxygen atoms in total. The Hall–Kier alpha value is -0.830. The molecule has 0 atom stereocenters. The van der Waals surface area contributed by atoms with Crippen LogP contribution in [0.4, 0.5) is 0 Å². The van der Waals surface area contributed by atoms with E-state index in [0.29, 0.717) is 6.04 Å². The lowest BCUT2D eigenvalue weighted by atomic mass is 10.0. The molecule has 0 heterocycles. The number of benzene rings is 2. The maximum absolute atomic E-state index is 6.26. The minimum absolute atomic E-state index is 0.447. The van der Waals surface area contributed by atoms with Gasteiger partial charge in [0, 0.05) is 22.1 Å². The van der Waals surface area contributed by atoms with E-state index in [1.165, 1.54) is 11.1 Å². The van der Waals surface area contributed by atoms with Crippen LogP contribution in [0.15, 0.2) is 46.9 Å². The zero-order valence-corrected chi connectivity index (χ0v) is 13.4. The van der Waals surface area contributed by atoms with Crippen LogP contribution in [0, 0.1) is 0 Å². The molecule has 2 aromatic rings. The van der Waals surface area contributed by atoms with E-state index in [4.69, 9.17) is 11.6 Å². The van der Waals surface area contributed by atoms with Crippen LogP contribution in [0.5, 0.6) is 0 Å². The average molecular weight is 339 g/mol. The lowest BCUT2D eigenvalue weighted by Crippen LogP contribution is -2.21. The van der Waals surface area contributed by atoms with Gasteiger partial charge in [-0.25, -0.2) is 0 Å². The average Bonchev–Trinajstić information content (AvgIpc) is 2.38. The Bertz CT molecular complexity index is 566. The first-order valence-electron chi connectivity index (χ1n) is 6.34. The molecule has 0 aromatic heterocycles. The van der Waals surface area contributed by atoms with Crippen molar-refractivity contribution in [2.24, 2.45) is 0 Å². The van der Waals surface area contributed by atoms with Crippen LogP contribution in [0.3, 0.4) is 0 Å². The normalized spacial score (nSPS) is 11.0. The first-order chi connectivity index (χ1) is 9.08. The fourth-order valence-corrected chi connectivity index (χ4v) is 2.59. The lowest BCUT2D eigenvalue weighted by molar-refractivity contribution is 0.589. The molecule has 19 heavy (non-hydrogen) atoms. The van der Waals surface area contributed by atoms with E-state index >= 15 is 0 Å². The van der Waals surface area contributed by atoms with Gasteiger partial charge in [0.15, 0.2) is 0 Å². The standard InChI is InChI=1S/C16H17BrClN/c1-11(2)19-10-13-9-12(7-8-16(13)18)14-5-3-4-6-15(14)17/h3-9,11,19H,10H2,1-2H3. The molecule has 2 aromatic carbocycles. The van der Waals surface area contributed by atoms with Crippen LogP contribution < -0.4 is 5.32 Å². The topological polar surface area (TPSA) is 12.0 Å². The summed E-state index contributed by atoms with van der Waals surface area (Å²) in [6, 6.07) is 14.8. The SMILES string of the molecule is CC(C)NCc1cc(-c2ccccc2Br)ccc1Cl. The number of halogens is 2. The quantitative estimate of drug-likeness (QED) is 0.801. The summed E-state index contributed by atoms with van der Waals surface area (Å²) in [5.41, 5.74) is 3.49. The third-order valence-corrected chi connectivity index (χ3v) is 3.99. The maximum Gasteiger partial charge on any atom is 0.0451 e. The molecule has 0 radical (unpaired) electrons. The predicted molar refractivity (Wildman–Crippen MR) is 86.6 cm³/mol. The van der Waals surface area contributed by atoms with Crippen molar-refractivity contribution in [3.05, 3.63) is 57.5 Å². The van der Waals surface area contributed by atoms with Gasteiger partial charge in [-0.05, 0) is 34.9 Å². The van der Waals surface area contributed by atoms with Crippen LogP contribution in [-0.4, -0.2) is 6.04 Å². The fourth-order valence-electron chi connectivity index (χ4n) is 1.89. The zero-order chi connectivity index (χ0) is 13.8. The van der Waals surface area contributed by atoms with E-state index in [9.17, 15) is 0 Å². The summed E-state index contributed by atoms with van der Waals surface area (Å²) in [6.45, 7) is 5.05. The molecule has 2 rings (SSSR count). The molecule has 0 bridgehead atoms. The van der Waals surface area contributed by atoms with Gasteiger partial charge in [-0.15, -0.1) is 0 Å². The summed E-state index contributed by atoms with van der Waals surface area (Å²) in [5.74, 6) is 0. The highest BCUT2D eigenvalue weighted by molar-refractivity contribution is 9.10. The number of hydrogen-bond acceptors (Lipinski definition) is 1. The van der Waals surface area contributed by atoms with Gasteiger partial charge in [0.1, 0.15) is 0 Å². The Labute approximate surface area is 128 Å². The van der Waals surface area contributed by atoms with E-state index in [2.05, 4.69) is 59.4 Å². The highest BCUT2D eigenvalue weighted by Gasteiger charge is 2.06. The third-order valence-electron chi connectivity index (χ3n) is 2.93. The molecule has 0 aliphatic carbocycles. The Balaban J connectivity index is 2.33. The van der Waals surface area contributed by atoms with E-state index in [1.54, 1.807) is 0 Å². The first kappa shape index (κ1) is 14.6. The van der Waals surface area contributed by atoms with E-state index in [-0.39, 0.29) is 0 Å². The molecule has 0 amide bonds. The van der Waals surface area contributed by atoms with Crippen molar-refractivity contribution in [1.29, 1.82) is 0 Å². The third kappa shape index (κ3) is 3.82. The Morgan fingerprint density at radius 2 is 1.89 bits per heavy atom. The van der Waals surface area contributed by atoms with Gasteiger partial charge in [0.25, 0.3) is 0 Å². The van der Waals surface area contributed by atoms with Crippen molar-refractivity contribution < 1.29 is 0 Å². The second kappa shape index (κ2) is 6.56. The van der Waals surface area contributed by atoms with Gasteiger partial charge < -0.3 is 5.32 Å². The van der Waals surface area contributed by atoms with E-state index < -0.39 is 0 Å². The maximum atomic E-state index is 6.26.